The van der Waals surface area contributed by atoms with E-state index >= 15 is 0 Å². The Hall–Kier alpha value is -10.2. The molecule has 0 aliphatic carbocycles. The van der Waals surface area contributed by atoms with Gasteiger partial charge in [-0.1, -0.05) is 198 Å². The molecule has 536 valence electrons. The first-order chi connectivity index (χ1) is 49.4. The van der Waals surface area contributed by atoms with E-state index in [0.717, 1.165) is 71.0 Å². The lowest BCUT2D eigenvalue weighted by Gasteiger charge is -2.23. The summed E-state index contributed by atoms with van der Waals surface area (Å²) in [5.41, 5.74) is 27.5. The van der Waals surface area contributed by atoms with E-state index in [1.54, 1.807) is 103 Å². The summed E-state index contributed by atoms with van der Waals surface area (Å²) in [6, 6.07) is 63.1. The molecule has 0 aliphatic heterocycles. The quantitative estimate of drug-likeness (QED) is 0.0152. The fourth-order valence-corrected chi connectivity index (χ4v) is 12.7. The van der Waals surface area contributed by atoms with Gasteiger partial charge in [0.2, 0.25) is 0 Å². The normalized spacial score (nSPS) is 11.6. The number of aromatic nitrogens is 3. The summed E-state index contributed by atoms with van der Waals surface area (Å²) >= 11 is 17.3. The van der Waals surface area contributed by atoms with Gasteiger partial charge >= 0.3 is 6.09 Å². The second-order valence-electron chi connectivity index (χ2n) is 23.3. The number of hydrogen-bond acceptors (Lipinski definition) is 22. The van der Waals surface area contributed by atoms with Crippen molar-refractivity contribution in [3.05, 3.63) is 320 Å². The minimum absolute atomic E-state index is 0. The van der Waals surface area contributed by atoms with Crippen LogP contribution in [0.15, 0.2) is 240 Å². The molecule has 0 aliphatic rings. The predicted octanol–water partition coefficient (Wildman–Crippen LogP) is 17.9. The molecule has 4 atom stereocenters. The molecule has 8 aromatic carbocycles. The Kier molecular flexibility index (Phi) is 33.2. The molecular weight excluding hydrogens is 1550 g/mol. The summed E-state index contributed by atoms with van der Waals surface area (Å²) in [5, 5.41) is 56.5. The van der Waals surface area contributed by atoms with Crippen molar-refractivity contribution in [2.75, 3.05) is 5.33 Å². The highest BCUT2D eigenvalue weighted by Crippen LogP contribution is 2.32. The smallest absolute Gasteiger partial charge is 0.408 e. The standard InChI is InChI=1S/C18H13N3O2S2.2C17H15N3O2S.C15H19BrN2O5.C7H7NS.BrH/c22-21(23)15-8-6-13(7-9-15)10-16(19-12-24)17-11-25-18(20-17)14-4-2-1-3-5-14;2*18-15(10-12-6-8-14(9-7-12)20(21)22)16-11-23-17(19-16)13-4-2-1-3-5-13;1-15(2,3)23-14(20)17-12(13(19)9-16)8-10-4-6-11(7-5-10)18(21)22;8-7(9)6-4-2-1-3-5-6;/h1-9,11,16H,10H2;2*1-9,11,15H,10,18H2;4-7,12H,8-9H2,1-3H3,(H,17,20);1-5H,(H2,8,9);1H/t16-;2*15-;12-;;/m0000../s1. The number of nitro groups is 4. The first kappa shape index (κ1) is 82.7. The minimum Gasteiger partial charge on any atom is -0.444 e. The Morgan fingerprint density at radius 2 is 0.827 bits per heavy atom. The number of amides is 1. The molecule has 3 heterocycles. The van der Waals surface area contributed by atoms with Crippen LogP contribution in [0.5, 0.6) is 0 Å². The average Bonchev–Trinajstić information content (AvgIpc) is 1.70. The second kappa shape index (κ2) is 41.8. The van der Waals surface area contributed by atoms with Gasteiger partial charge in [0, 0.05) is 93.3 Å². The third-order valence-corrected chi connectivity index (χ3v) is 18.2. The Labute approximate surface area is 640 Å². The molecule has 30 heteroatoms. The van der Waals surface area contributed by atoms with Crippen LogP contribution in [-0.2, 0) is 35.2 Å². The largest absolute Gasteiger partial charge is 0.444 e. The number of carbonyl (C=O) groups is 2. The number of thiocarbonyl (C=S) groups is 2. The number of nitrogens with one attached hydrogen (secondary N) is 1. The van der Waals surface area contributed by atoms with E-state index in [1.165, 1.54) is 48.5 Å². The van der Waals surface area contributed by atoms with E-state index < -0.39 is 37.4 Å². The number of hydrogen-bond donors (Lipinski definition) is 4. The van der Waals surface area contributed by atoms with E-state index in [4.69, 9.17) is 46.4 Å². The van der Waals surface area contributed by atoms with Crippen molar-refractivity contribution >= 4 is 136 Å². The highest BCUT2D eigenvalue weighted by Gasteiger charge is 2.25. The monoisotopic (exact) mass is 1620 g/mol. The number of isothiocyanates is 1. The van der Waals surface area contributed by atoms with Crippen molar-refractivity contribution in [3.63, 3.8) is 0 Å². The van der Waals surface area contributed by atoms with Crippen molar-refractivity contribution < 1.29 is 34.0 Å². The van der Waals surface area contributed by atoms with Gasteiger partial charge in [0.25, 0.3) is 22.7 Å². The maximum absolute atomic E-state index is 12.0. The first-order valence-electron chi connectivity index (χ1n) is 31.3. The van der Waals surface area contributed by atoms with E-state index in [0.29, 0.717) is 29.8 Å². The summed E-state index contributed by atoms with van der Waals surface area (Å²) < 4.78 is 5.14. The first-order valence-corrected chi connectivity index (χ1v) is 35.9. The summed E-state index contributed by atoms with van der Waals surface area (Å²) in [6.45, 7) is 5.18. The number of nitrogens with zero attached hydrogens (tertiary/aromatic N) is 8. The van der Waals surface area contributed by atoms with Gasteiger partial charge in [0.1, 0.15) is 31.7 Å². The van der Waals surface area contributed by atoms with Crippen molar-refractivity contribution in [1.29, 1.82) is 0 Å². The Morgan fingerprint density at radius 3 is 1.12 bits per heavy atom. The fraction of sp³-hybridized carbons (Fsp3) is 0.176. The number of ketones is 1. The number of aliphatic imine (C=N–C) groups is 1. The molecule has 11 aromatic rings. The van der Waals surface area contributed by atoms with Crippen LogP contribution in [0.1, 0.15) is 83.8 Å². The molecule has 3 aromatic heterocycles. The number of carbonyl (C=O) groups excluding carboxylic acids is 2. The molecule has 104 heavy (non-hydrogen) atoms. The molecule has 0 unspecified atom stereocenters. The predicted molar refractivity (Wildman–Crippen MR) is 426 cm³/mol. The number of nitrogens with two attached hydrogens (primary N) is 3. The Morgan fingerprint density at radius 1 is 0.519 bits per heavy atom. The zero-order valence-corrected chi connectivity index (χ0v) is 63.4. The van der Waals surface area contributed by atoms with Crippen LogP contribution in [-0.4, -0.2) is 73.6 Å². The Bertz CT molecular complexity index is 4490. The van der Waals surface area contributed by atoms with Crippen molar-refractivity contribution in [2.24, 2.45) is 22.2 Å². The molecule has 0 saturated carbocycles. The summed E-state index contributed by atoms with van der Waals surface area (Å²) in [5.74, 6) is -0.214. The molecule has 0 fully saturated rings. The molecule has 1 amide bonds. The SMILES string of the molecule is Br.CC(C)(C)OC(=O)N[C@@H](Cc1ccc([N+](=O)[O-])cc1)C(=O)CBr.NC(=S)c1ccccc1.N[C@@H](Cc1ccc([N+](=O)[O-])cc1)c1csc(-c2ccccc2)n1.N[C@@H](Cc1ccc([N+](=O)[O-])cc1)c1csc(-c2ccccc2)n1.O=[N+]([O-])c1ccc(C[C@H](N=C=S)c2csc(-c3ccccc3)n2)cc1. The van der Waals surface area contributed by atoms with Gasteiger partial charge in [-0.2, -0.15) is 0 Å². The van der Waals surface area contributed by atoms with Gasteiger partial charge in [0.15, 0.2) is 5.78 Å². The maximum Gasteiger partial charge on any atom is 0.408 e. The third-order valence-electron chi connectivity index (χ3n) is 14.6. The summed E-state index contributed by atoms with van der Waals surface area (Å²) in [4.78, 5) is 83.4. The highest BCUT2D eigenvalue weighted by atomic mass is 79.9. The van der Waals surface area contributed by atoms with Crippen molar-refractivity contribution in [2.45, 2.75) is 76.2 Å². The molecule has 0 bridgehead atoms. The van der Waals surface area contributed by atoms with Gasteiger partial charge < -0.3 is 27.3 Å². The molecule has 7 N–H and O–H groups in total. The van der Waals surface area contributed by atoms with Gasteiger partial charge in [-0.15, -0.1) is 51.0 Å². The lowest BCUT2D eigenvalue weighted by molar-refractivity contribution is -0.385. The number of benzene rings is 8. The van der Waals surface area contributed by atoms with E-state index in [-0.39, 0.29) is 75.4 Å². The van der Waals surface area contributed by atoms with Gasteiger partial charge in [-0.3, -0.25) is 45.3 Å². The lowest BCUT2D eigenvalue weighted by atomic mass is 10.0. The minimum atomic E-state index is -0.773. The number of non-ortho nitro benzene ring substituents is 4. The average molecular weight is 1620 g/mol. The zero-order valence-electron chi connectivity index (χ0n) is 56.0. The van der Waals surface area contributed by atoms with Crippen LogP contribution in [0.25, 0.3) is 31.7 Å². The molecule has 0 spiro atoms. The molecule has 0 radical (unpaired) electrons. The van der Waals surface area contributed by atoms with E-state index in [2.05, 4.69) is 46.4 Å². The van der Waals surface area contributed by atoms with E-state index in [1.807, 2.05) is 137 Å². The second-order valence-corrected chi connectivity index (χ2v) is 27.1. The number of alkyl halides is 1. The van der Waals surface area contributed by atoms with Gasteiger partial charge in [0.05, 0.1) is 65.4 Å². The topological polar surface area (TPSA) is 357 Å². The molecule has 11 rings (SSSR count). The maximum atomic E-state index is 12.0. The van der Waals surface area contributed by atoms with Crippen molar-refractivity contribution in [3.8, 4) is 31.7 Å². The Balaban J connectivity index is 0.000000208. The van der Waals surface area contributed by atoms with Crippen LogP contribution in [0, 0.1) is 40.5 Å². The number of rotatable bonds is 23. The molecular formula is C74H70Br2N12O11S5. The van der Waals surface area contributed by atoms with Crippen LogP contribution in [0.2, 0.25) is 0 Å². The number of ether oxygens (including phenoxy) is 1. The van der Waals surface area contributed by atoms with Crippen molar-refractivity contribution in [1.82, 2.24) is 20.3 Å². The van der Waals surface area contributed by atoms with Crippen LogP contribution in [0.4, 0.5) is 27.5 Å². The zero-order chi connectivity index (χ0) is 74.4. The number of thiazole rings is 3. The third kappa shape index (κ3) is 27.2. The lowest BCUT2D eigenvalue weighted by Crippen LogP contribution is -2.45. The molecule has 23 nitrogen and oxygen atoms in total. The van der Waals surface area contributed by atoms with Gasteiger partial charge in [-0.25, -0.2) is 24.7 Å². The number of alkyl carbamates (subject to hydrolysis) is 1. The van der Waals surface area contributed by atoms with Crippen LogP contribution >= 0.6 is 91.4 Å². The van der Waals surface area contributed by atoms with Crippen LogP contribution < -0.4 is 22.5 Å². The number of nitro benzene ring substituents is 4. The number of Topliss-reactive ketones (excluding diaryl/α,β-unsaturated/α-hetero) is 1. The highest BCUT2D eigenvalue weighted by molar-refractivity contribution is 9.09. The fourth-order valence-electron chi connectivity index (χ4n) is 9.35. The van der Waals surface area contributed by atoms with E-state index in [9.17, 15) is 50.0 Å². The van der Waals surface area contributed by atoms with Gasteiger partial charge in [-0.05, 0) is 74.5 Å². The van der Waals surface area contributed by atoms with Crippen LogP contribution in [0.3, 0.4) is 0 Å². The summed E-state index contributed by atoms with van der Waals surface area (Å²) in [6.07, 6.45) is 1.28. The molecule has 0 saturated heterocycles. The summed E-state index contributed by atoms with van der Waals surface area (Å²) in [7, 11) is 0. The number of halogens is 2.